The van der Waals surface area contributed by atoms with Gasteiger partial charge in [0.25, 0.3) is 0 Å². The predicted octanol–water partition coefficient (Wildman–Crippen LogP) is 3.23. The minimum absolute atomic E-state index is 0.154. The zero-order valence-corrected chi connectivity index (χ0v) is 9.99. The van der Waals surface area contributed by atoms with Crippen molar-refractivity contribution in [1.29, 1.82) is 5.26 Å². The molecule has 1 atom stereocenters. The minimum Gasteiger partial charge on any atom is -0.327 e. The van der Waals surface area contributed by atoms with Crippen LogP contribution >= 0.6 is 11.6 Å². The van der Waals surface area contributed by atoms with Crippen LogP contribution in [0.2, 0.25) is 0 Å². The molecule has 0 amide bonds. The van der Waals surface area contributed by atoms with Gasteiger partial charge in [-0.15, -0.1) is 11.6 Å². The second kappa shape index (κ2) is 4.15. The molecule has 2 rings (SSSR count). The van der Waals surface area contributed by atoms with Crippen molar-refractivity contribution < 1.29 is 0 Å². The minimum atomic E-state index is -0.154. The van der Waals surface area contributed by atoms with Crippen molar-refractivity contribution >= 4 is 22.6 Å². The SMILES string of the molecule is CCn1c(C(C)Cl)nc2c(C#N)cccc21. The van der Waals surface area contributed by atoms with Gasteiger partial charge in [-0.05, 0) is 26.0 Å². The molecule has 82 valence electrons. The van der Waals surface area contributed by atoms with E-state index in [1.165, 1.54) is 0 Å². The molecule has 16 heavy (non-hydrogen) atoms. The van der Waals surface area contributed by atoms with Gasteiger partial charge >= 0.3 is 0 Å². The molecule has 0 bridgehead atoms. The third kappa shape index (κ3) is 1.56. The van der Waals surface area contributed by atoms with Gasteiger partial charge in [0, 0.05) is 6.54 Å². The number of nitriles is 1. The summed E-state index contributed by atoms with van der Waals surface area (Å²) in [7, 11) is 0. The number of halogens is 1. The first-order valence-electron chi connectivity index (χ1n) is 5.22. The van der Waals surface area contributed by atoms with Crippen LogP contribution in [0.3, 0.4) is 0 Å². The molecule has 0 spiro atoms. The fourth-order valence-electron chi connectivity index (χ4n) is 1.89. The number of para-hydroxylation sites is 1. The summed E-state index contributed by atoms with van der Waals surface area (Å²) < 4.78 is 2.05. The molecule has 1 aromatic heterocycles. The van der Waals surface area contributed by atoms with Crippen LogP contribution in [0.15, 0.2) is 18.2 Å². The Hall–Kier alpha value is -1.53. The zero-order valence-electron chi connectivity index (χ0n) is 9.24. The lowest BCUT2D eigenvalue weighted by Crippen LogP contribution is -2.01. The number of aromatic nitrogens is 2. The van der Waals surface area contributed by atoms with E-state index in [0.717, 1.165) is 23.4 Å². The fourth-order valence-corrected chi connectivity index (χ4v) is 2.06. The van der Waals surface area contributed by atoms with Crippen molar-refractivity contribution in [3.05, 3.63) is 29.6 Å². The first-order valence-corrected chi connectivity index (χ1v) is 5.66. The maximum absolute atomic E-state index is 9.01. The highest BCUT2D eigenvalue weighted by atomic mass is 35.5. The predicted molar refractivity (Wildman–Crippen MR) is 64.4 cm³/mol. The Balaban J connectivity index is 2.82. The molecule has 1 aromatic carbocycles. The Labute approximate surface area is 99.3 Å². The van der Waals surface area contributed by atoms with Crippen molar-refractivity contribution in [3.63, 3.8) is 0 Å². The third-order valence-corrected chi connectivity index (χ3v) is 2.80. The first kappa shape index (κ1) is 11.0. The van der Waals surface area contributed by atoms with Crippen LogP contribution in [-0.2, 0) is 6.54 Å². The van der Waals surface area contributed by atoms with Gasteiger partial charge < -0.3 is 4.57 Å². The second-order valence-electron chi connectivity index (χ2n) is 3.62. The van der Waals surface area contributed by atoms with Crippen molar-refractivity contribution in [2.75, 3.05) is 0 Å². The Morgan fingerprint density at radius 3 is 2.88 bits per heavy atom. The second-order valence-corrected chi connectivity index (χ2v) is 4.27. The van der Waals surface area contributed by atoms with Crippen LogP contribution in [0.5, 0.6) is 0 Å². The quantitative estimate of drug-likeness (QED) is 0.748. The number of benzene rings is 1. The van der Waals surface area contributed by atoms with E-state index in [1.807, 2.05) is 30.5 Å². The summed E-state index contributed by atoms with van der Waals surface area (Å²) >= 11 is 6.09. The number of fused-ring (bicyclic) bond motifs is 1. The summed E-state index contributed by atoms with van der Waals surface area (Å²) in [4.78, 5) is 4.46. The van der Waals surface area contributed by atoms with E-state index in [-0.39, 0.29) is 5.38 Å². The molecule has 1 unspecified atom stereocenters. The molecular formula is C12H12ClN3. The van der Waals surface area contributed by atoms with Gasteiger partial charge in [0.1, 0.15) is 17.4 Å². The highest BCUT2D eigenvalue weighted by Crippen LogP contribution is 2.26. The fraction of sp³-hybridized carbons (Fsp3) is 0.333. The summed E-state index contributed by atoms with van der Waals surface area (Å²) in [5.41, 5.74) is 2.32. The largest absolute Gasteiger partial charge is 0.327 e. The number of nitrogens with zero attached hydrogens (tertiary/aromatic N) is 3. The van der Waals surface area contributed by atoms with E-state index >= 15 is 0 Å². The van der Waals surface area contributed by atoms with E-state index in [0.29, 0.717) is 5.56 Å². The molecule has 0 fully saturated rings. The number of rotatable bonds is 2. The van der Waals surface area contributed by atoms with E-state index < -0.39 is 0 Å². The van der Waals surface area contributed by atoms with E-state index in [9.17, 15) is 0 Å². The number of hydrogen-bond donors (Lipinski definition) is 0. The Morgan fingerprint density at radius 2 is 2.31 bits per heavy atom. The smallest absolute Gasteiger partial charge is 0.127 e. The normalized spacial score (nSPS) is 12.6. The van der Waals surface area contributed by atoms with Crippen LogP contribution < -0.4 is 0 Å². The van der Waals surface area contributed by atoms with Gasteiger partial charge in [0.05, 0.1) is 16.5 Å². The average molecular weight is 234 g/mol. The van der Waals surface area contributed by atoms with Gasteiger partial charge in [0.15, 0.2) is 0 Å². The molecule has 0 N–H and O–H groups in total. The van der Waals surface area contributed by atoms with Crippen LogP contribution in [0, 0.1) is 11.3 Å². The van der Waals surface area contributed by atoms with E-state index in [1.54, 1.807) is 6.07 Å². The number of imidazole rings is 1. The number of aryl methyl sites for hydroxylation is 1. The molecule has 0 saturated carbocycles. The van der Waals surface area contributed by atoms with Gasteiger partial charge in [0.2, 0.25) is 0 Å². The third-order valence-electron chi connectivity index (χ3n) is 2.60. The van der Waals surface area contributed by atoms with Crippen molar-refractivity contribution in [3.8, 4) is 6.07 Å². The van der Waals surface area contributed by atoms with Gasteiger partial charge in [-0.25, -0.2) is 4.98 Å². The van der Waals surface area contributed by atoms with Crippen molar-refractivity contribution in [2.24, 2.45) is 0 Å². The highest BCUT2D eigenvalue weighted by molar-refractivity contribution is 6.20. The average Bonchev–Trinajstić information content (AvgIpc) is 2.67. The van der Waals surface area contributed by atoms with Crippen LogP contribution in [0.4, 0.5) is 0 Å². The van der Waals surface area contributed by atoms with Crippen LogP contribution in [0.1, 0.15) is 30.6 Å². The molecule has 0 radical (unpaired) electrons. The summed E-state index contributed by atoms with van der Waals surface area (Å²) in [6.07, 6.45) is 0. The number of alkyl halides is 1. The maximum Gasteiger partial charge on any atom is 0.127 e. The molecule has 2 aromatic rings. The molecule has 3 nitrogen and oxygen atoms in total. The van der Waals surface area contributed by atoms with E-state index in [2.05, 4.69) is 11.1 Å². The lowest BCUT2D eigenvalue weighted by Gasteiger charge is -2.06. The van der Waals surface area contributed by atoms with Crippen molar-refractivity contribution in [1.82, 2.24) is 9.55 Å². The van der Waals surface area contributed by atoms with Gasteiger partial charge in [-0.3, -0.25) is 0 Å². The molecule has 0 saturated heterocycles. The van der Waals surface area contributed by atoms with Crippen LogP contribution in [0.25, 0.3) is 11.0 Å². The van der Waals surface area contributed by atoms with Crippen molar-refractivity contribution in [2.45, 2.75) is 25.8 Å². The molecule has 0 aliphatic carbocycles. The molecular weight excluding hydrogens is 222 g/mol. The summed E-state index contributed by atoms with van der Waals surface area (Å²) in [5, 5.41) is 8.86. The van der Waals surface area contributed by atoms with Gasteiger partial charge in [-0.1, -0.05) is 6.07 Å². The topological polar surface area (TPSA) is 41.6 Å². The van der Waals surface area contributed by atoms with E-state index in [4.69, 9.17) is 16.9 Å². The zero-order chi connectivity index (χ0) is 11.7. The Bertz CT molecular complexity index is 563. The summed E-state index contributed by atoms with van der Waals surface area (Å²) in [6.45, 7) is 4.74. The maximum atomic E-state index is 9.01. The van der Waals surface area contributed by atoms with Gasteiger partial charge in [-0.2, -0.15) is 5.26 Å². The molecule has 4 heteroatoms. The summed E-state index contributed by atoms with van der Waals surface area (Å²) in [5.74, 6) is 0.821. The standard InChI is InChI=1S/C12H12ClN3/c1-3-16-10-6-4-5-9(7-14)11(10)15-12(16)8(2)13/h4-6,8H,3H2,1-2H3. The monoisotopic (exact) mass is 233 g/mol. The molecule has 0 aliphatic rings. The molecule has 0 aliphatic heterocycles. The first-order chi connectivity index (χ1) is 7.69. The molecule has 1 heterocycles. The lowest BCUT2D eigenvalue weighted by molar-refractivity contribution is 0.717. The number of hydrogen-bond acceptors (Lipinski definition) is 2. The Morgan fingerprint density at radius 1 is 1.56 bits per heavy atom. The summed E-state index contributed by atoms with van der Waals surface area (Å²) in [6, 6.07) is 7.77. The lowest BCUT2D eigenvalue weighted by atomic mass is 10.2. The van der Waals surface area contributed by atoms with Crippen LogP contribution in [-0.4, -0.2) is 9.55 Å². The Kier molecular flexibility index (Phi) is 2.84. The highest BCUT2D eigenvalue weighted by Gasteiger charge is 2.15.